The van der Waals surface area contributed by atoms with Crippen LogP contribution in [0.3, 0.4) is 0 Å². The van der Waals surface area contributed by atoms with Gasteiger partial charge in [0, 0.05) is 24.2 Å². The third-order valence-corrected chi connectivity index (χ3v) is 7.97. The number of hydrogen-bond donors (Lipinski definition) is 1. The quantitative estimate of drug-likeness (QED) is 0.617. The molecule has 0 radical (unpaired) electrons. The van der Waals surface area contributed by atoms with E-state index in [4.69, 9.17) is 0 Å². The Morgan fingerprint density at radius 3 is 2.64 bits per heavy atom. The maximum absolute atomic E-state index is 12.6. The van der Waals surface area contributed by atoms with Gasteiger partial charge in [-0.15, -0.1) is 11.3 Å². The fourth-order valence-electron chi connectivity index (χ4n) is 2.51. The van der Waals surface area contributed by atoms with Gasteiger partial charge >= 0.3 is 0 Å². The highest BCUT2D eigenvalue weighted by Gasteiger charge is 2.22. The predicted octanol–water partition coefficient (Wildman–Crippen LogP) is 3.65. The van der Waals surface area contributed by atoms with Crippen LogP contribution in [0.2, 0.25) is 0 Å². The van der Waals surface area contributed by atoms with Crippen LogP contribution in [0.5, 0.6) is 0 Å². The molecule has 0 bridgehead atoms. The molecule has 0 spiro atoms. The first-order chi connectivity index (χ1) is 11.9. The van der Waals surface area contributed by atoms with Crippen LogP contribution in [-0.4, -0.2) is 40.8 Å². The Balaban J connectivity index is 1.84. The van der Waals surface area contributed by atoms with Gasteiger partial charge in [-0.05, 0) is 25.1 Å². The summed E-state index contributed by atoms with van der Waals surface area (Å²) in [6.45, 7) is 6.56. The number of thiazole rings is 1. The smallest absolute Gasteiger partial charge is 0.243 e. The van der Waals surface area contributed by atoms with Crippen molar-refractivity contribution in [2.24, 2.45) is 0 Å². The zero-order valence-corrected chi connectivity index (χ0v) is 16.8. The number of aryl methyl sites for hydroxylation is 1. The van der Waals surface area contributed by atoms with E-state index in [1.165, 1.54) is 4.31 Å². The fraction of sp³-hybridized carbons (Fsp3) is 0.375. The van der Waals surface area contributed by atoms with Crippen LogP contribution in [0.1, 0.15) is 25.4 Å². The molecular weight excluding hydrogens is 376 g/mol. The molecule has 0 aliphatic carbocycles. The Kier molecular flexibility index (Phi) is 5.47. The number of nitrogens with zero attached hydrogens (tertiary/aromatic N) is 3. The summed E-state index contributed by atoms with van der Waals surface area (Å²) in [4.78, 5) is 12.5. The largest absolute Gasteiger partial charge is 0.341 e. The van der Waals surface area contributed by atoms with Gasteiger partial charge in [-0.25, -0.2) is 18.4 Å². The molecule has 2 heterocycles. The molecule has 1 aromatic carbocycles. The molecule has 0 atom stereocenters. The maximum Gasteiger partial charge on any atom is 0.243 e. The van der Waals surface area contributed by atoms with Crippen LogP contribution >= 0.6 is 23.1 Å². The monoisotopic (exact) mass is 396 g/mol. The summed E-state index contributed by atoms with van der Waals surface area (Å²) >= 11 is 3.23. The maximum atomic E-state index is 12.6. The van der Waals surface area contributed by atoms with E-state index < -0.39 is 10.0 Å². The third-order valence-electron chi connectivity index (χ3n) is 3.78. The van der Waals surface area contributed by atoms with Gasteiger partial charge in [-0.1, -0.05) is 25.6 Å². The number of rotatable bonds is 7. The van der Waals surface area contributed by atoms with Crippen molar-refractivity contribution in [3.8, 4) is 0 Å². The fourth-order valence-corrected chi connectivity index (χ4v) is 5.72. The molecule has 0 aliphatic rings. The number of hydrogen-bond acceptors (Lipinski definition) is 6. The number of benzene rings is 1. The highest BCUT2D eigenvalue weighted by atomic mass is 32.2. The molecule has 3 rings (SSSR count). The topological polar surface area (TPSA) is 79.0 Å². The van der Waals surface area contributed by atoms with E-state index >= 15 is 0 Å². The van der Waals surface area contributed by atoms with E-state index in [1.807, 2.05) is 26.2 Å². The second kappa shape index (κ2) is 7.45. The number of thioether (sulfide) groups is 1. The minimum Gasteiger partial charge on any atom is -0.341 e. The van der Waals surface area contributed by atoms with Gasteiger partial charge in [0.25, 0.3) is 0 Å². The van der Waals surface area contributed by atoms with Crippen LogP contribution < -0.4 is 0 Å². The van der Waals surface area contributed by atoms with Gasteiger partial charge in [0.05, 0.1) is 21.7 Å². The molecule has 0 fully saturated rings. The van der Waals surface area contributed by atoms with Gasteiger partial charge in [0.15, 0.2) is 4.34 Å². The Morgan fingerprint density at radius 1 is 1.24 bits per heavy atom. The van der Waals surface area contributed by atoms with E-state index in [9.17, 15) is 8.42 Å². The van der Waals surface area contributed by atoms with E-state index in [0.717, 1.165) is 26.9 Å². The summed E-state index contributed by atoms with van der Waals surface area (Å²) in [5.41, 5.74) is 2.52. The summed E-state index contributed by atoms with van der Waals surface area (Å²) in [5.74, 6) is 1.48. The van der Waals surface area contributed by atoms with Crippen molar-refractivity contribution in [2.45, 2.75) is 35.8 Å². The zero-order valence-electron chi connectivity index (χ0n) is 14.3. The molecule has 3 aromatic rings. The Labute approximate surface area is 155 Å². The summed E-state index contributed by atoms with van der Waals surface area (Å²) in [7, 11) is -3.46. The molecule has 134 valence electrons. The molecule has 0 amide bonds. The molecule has 0 saturated carbocycles. The highest BCUT2D eigenvalue weighted by Crippen LogP contribution is 2.27. The number of sulfonamides is 1. The molecule has 6 nitrogen and oxygen atoms in total. The van der Waals surface area contributed by atoms with Crippen LogP contribution in [0.15, 0.2) is 32.8 Å². The zero-order chi connectivity index (χ0) is 18.0. The van der Waals surface area contributed by atoms with Crippen molar-refractivity contribution in [1.82, 2.24) is 19.3 Å². The molecule has 0 aliphatic heterocycles. The molecule has 9 heteroatoms. The van der Waals surface area contributed by atoms with Crippen molar-refractivity contribution < 1.29 is 8.42 Å². The summed E-state index contributed by atoms with van der Waals surface area (Å²) in [6.07, 6.45) is 0. The van der Waals surface area contributed by atoms with Crippen LogP contribution in [0, 0.1) is 6.92 Å². The van der Waals surface area contributed by atoms with Crippen molar-refractivity contribution in [1.29, 1.82) is 0 Å². The second-order valence-corrected chi connectivity index (χ2v) is 9.51. The summed E-state index contributed by atoms with van der Waals surface area (Å²) < 4.78 is 27.7. The van der Waals surface area contributed by atoms with E-state index in [2.05, 4.69) is 15.0 Å². The minimum absolute atomic E-state index is 0.294. The first-order valence-corrected chi connectivity index (χ1v) is 11.3. The molecular formula is C16H20N4O2S3. The van der Waals surface area contributed by atoms with Crippen molar-refractivity contribution >= 4 is 44.2 Å². The van der Waals surface area contributed by atoms with Gasteiger partial charge in [0.2, 0.25) is 10.0 Å². The lowest BCUT2D eigenvalue weighted by Crippen LogP contribution is -2.30. The number of imidazole rings is 1. The highest BCUT2D eigenvalue weighted by molar-refractivity contribution is 8.00. The average Bonchev–Trinajstić information content (AvgIpc) is 3.18. The first-order valence-electron chi connectivity index (χ1n) is 7.97. The number of aromatic amines is 1. The number of nitrogens with one attached hydrogen (secondary N) is 1. The van der Waals surface area contributed by atoms with E-state index in [0.29, 0.717) is 23.7 Å². The van der Waals surface area contributed by atoms with Gasteiger partial charge in [0.1, 0.15) is 5.82 Å². The Bertz CT molecular complexity index is 974. The number of aromatic nitrogens is 3. The molecule has 0 unspecified atom stereocenters. The first kappa shape index (κ1) is 18.4. The summed E-state index contributed by atoms with van der Waals surface area (Å²) in [6, 6.07) is 5.04. The van der Waals surface area contributed by atoms with Crippen LogP contribution in [0.4, 0.5) is 0 Å². The van der Waals surface area contributed by atoms with Gasteiger partial charge in [-0.3, -0.25) is 0 Å². The standard InChI is InChI=1S/C16H20N4O2S3/c1-4-20(5-2)25(21,22)12-6-7-13-14(8-12)19-15(18-13)10-24-16-17-11(3)9-23-16/h6-9H,4-5,10H2,1-3H3,(H,18,19). The van der Waals surface area contributed by atoms with Crippen LogP contribution in [0.25, 0.3) is 11.0 Å². The lowest BCUT2D eigenvalue weighted by molar-refractivity contribution is 0.445. The average molecular weight is 397 g/mol. The lowest BCUT2D eigenvalue weighted by Gasteiger charge is -2.18. The normalized spacial score (nSPS) is 12.3. The Morgan fingerprint density at radius 2 is 2.00 bits per heavy atom. The van der Waals surface area contributed by atoms with Gasteiger partial charge in [-0.2, -0.15) is 4.31 Å². The second-order valence-electron chi connectivity index (χ2n) is 5.50. The SMILES string of the molecule is CCN(CC)S(=O)(=O)c1ccc2nc(CSc3nc(C)cs3)[nH]c2c1. The number of fused-ring (bicyclic) bond motifs is 1. The van der Waals surface area contributed by atoms with Gasteiger partial charge < -0.3 is 4.98 Å². The van der Waals surface area contributed by atoms with Crippen molar-refractivity contribution in [3.05, 3.63) is 35.1 Å². The summed E-state index contributed by atoms with van der Waals surface area (Å²) in [5, 5.41) is 2.02. The lowest BCUT2D eigenvalue weighted by atomic mass is 10.3. The minimum atomic E-state index is -3.46. The number of H-pyrrole nitrogens is 1. The molecule has 25 heavy (non-hydrogen) atoms. The van der Waals surface area contributed by atoms with Crippen molar-refractivity contribution in [2.75, 3.05) is 13.1 Å². The Hall–Kier alpha value is -1.42. The van der Waals surface area contributed by atoms with E-state index in [1.54, 1.807) is 41.3 Å². The third kappa shape index (κ3) is 3.89. The van der Waals surface area contributed by atoms with Crippen LogP contribution in [-0.2, 0) is 15.8 Å². The van der Waals surface area contributed by atoms with Crippen molar-refractivity contribution in [3.63, 3.8) is 0 Å². The molecule has 0 saturated heterocycles. The predicted molar refractivity (Wildman–Crippen MR) is 103 cm³/mol. The van der Waals surface area contributed by atoms with E-state index in [-0.39, 0.29) is 0 Å². The molecule has 2 aromatic heterocycles. The molecule has 1 N–H and O–H groups in total.